The Morgan fingerprint density at radius 1 is 1.22 bits per heavy atom. The first kappa shape index (κ1) is 12.6. The summed E-state index contributed by atoms with van der Waals surface area (Å²) in [4.78, 5) is 0. The van der Waals surface area contributed by atoms with Crippen LogP contribution in [0, 0.1) is 24.1 Å². The van der Waals surface area contributed by atoms with Crippen LogP contribution < -0.4 is 0 Å². The molecule has 0 saturated carbocycles. The van der Waals surface area contributed by atoms with Crippen molar-refractivity contribution in [3.05, 3.63) is 51.7 Å². The lowest BCUT2D eigenvalue weighted by molar-refractivity contribution is 0.474. The van der Waals surface area contributed by atoms with Gasteiger partial charge in [-0.25, -0.2) is 4.39 Å². The molecule has 0 heterocycles. The molecule has 2 aromatic rings. The monoisotopic (exact) mass is 305 g/mol. The molecular formula is C14H9BrFNO. The first-order valence-corrected chi connectivity index (χ1v) is 6.00. The van der Waals surface area contributed by atoms with Crippen LogP contribution in [-0.2, 0) is 0 Å². The molecule has 2 aromatic carbocycles. The number of hydrogen-bond donors (Lipinski definition) is 1. The summed E-state index contributed by atoms with van der Waals surface area (Å²) in [5.41, 5.74) is 2.13. The van der Waals surface area contributed by atoms with E-state index >= 15 is 0 Å². The van der Waals surface area contributed by atoms with Gasteiger partial charge in [-0.15, -0.1) is 0 Å². The minimum absolute atomic E-state index is 0.000926. The molecular weight excluding hydrogens is 297 g/mol. The van der Waals surface area contributed by atoms with E-state index in [1.807, 2.05) is 6.07 Å². The molecule has 2 nitrogen and oxygen atoms in total. The van der Waals surface area contributed by atoms with Crippen LogP contribution in [0.4, 0.5) is 4.39 Å². The summed E-state index contributed by atoms with van der Waals surface area (Å²) >= 11 is 3.18. The lowest BCUT2D eigenvalue weighted by atomic mass is 10.0. The number of phenols is 1. The van der Waals surface area contributed by atoms with Gasteiger partial charge in [-0.05, 0) is 58.2 Å². The Labute approximate surface area is 112 Å². The van der Waals surface area contributed by atoms with Gasteiger partial charge in [0.15, 0.2) is 0 Å². The predicted octanol–water partition coefficient (Wildman–Crippen LogP) is 4.14. The highest BCUT2D eigenvalue weighted by molar-refractivity contribution is 9.10. The quantitative estimate of drug-likeness (QED) is 0.860. The summed E-state index contributed by atoms with van der Waals surface area (Å²) in [6, 6.07) is 9.55. The van der Waals surface area contributed by atoms with E-state index in [-0.39, 0.29) is 11.6 Å². The molecule has 4 heteroatoms. The van der Waals surface area contributed by atoms with Gasteiger partial charge in [0.1, 0.15) is 11.6 Å². The number of halogens is 2. The maximum atomic E-state index is 13.4. The molecule has 0 aliphatic rings. The van der Waals surface area contributed by atoms with Crippen molar-refractivity contribution in [1.82, 2.24) is 0 Å². The summed E-state index contributed by atoms with van der Waals surface area (Å²) in [6.07, 6.45) is 0. The highest BCUT2D eigenvalue weighted by Crippen LogP contribution is 2.37. The molecule has 0 saturated heterocycles. The van der Waals surface area contributed by atoms with Crippen LogP contribution in [0.15, 0.2) is 34.8 Å². The van der Waals surface area contributed by atoms with Gasteiger partial charge in [0, 0.05) is 5.56 Å². The average Bonchev–Trinajstić information content (AvgIpc) is 2.31. The Kier molecular flexibility index (Phi) is 3.35. The molecule has 0 amide bonds. The molecule has 2 rings (SSSR count). The molecule has 0 radical (unpaired) electrons. The fourth-order valence-corrected chi connectivity index (χ4v) is 2.24. The number of phenolic OH excluding ortho intramolecular Hbond substituents is 1. The molecule has 0 aliphatic heterocycles. The summed E-state index contributed by atoms with van der Waals surface area (Å²) in [5, 5.41) is 18.9. The van der Waals surface area contributed by atoms with Gasteiger partial charge in [-0.3, -0.25) is 0 Å². The summed E-state index contributed by atoms with van der Waals surface area (Å²) in [5.74, 6) is -0.373. The molecule has 0 unspecified atom stereocenters. The van der Waals surface area contributed by atoms with Gasteiger partial charge in [0.2, 0.25) is 0 Å². The fraction of sp³-hybridized carbons (Fsp3) is 0.0714. The highest BCUT2D eigenvalue weighted by atomic mass is 79.9. The fourth-order valence-electron chi connectivity index (χ4n) is 1.78. The third-order valence-corrected chi connectivity index (χ3v) is 3.15. The zero-order valence-corrected chi connectivity index (χ0v) is 11.1. The lowest BCUT2D eigenvalue weighted by Gasteiger charge is -2.08. The lowest BCUT2D eigenvalue weighted by Crippen LogP contribution is -1.87. The number of nitrogens with zero attached hydrogens (tertiary/aromatic N) is 1. The maximum Gasteiger partial charge on any atom is 0.137 e. The van der Waals surface area contributed by atoms with Crippen LogP contribution in [-0.4, -0.2) is 5.11 Å². The zero-order valence-electron chi connectivity index (χ0n) is 9.54. The van der Waals surface area contributed by atoms with Crippen molar-refractivity contribution in [2.75, 3.05) is 0 Å². The van der Waals surface area contributed by atoms with E-state index in [0.717, 1.165) is 5.56 Å². The number of rotatable bonds is 1. The second kappa shape index (κ2) is 4.79. The van der Waals surface area contributed by atoms with E-state index in [1.54, 1.807) is 13.0 Å². The number of nitriles is 1. The van der Waals surface area contributed by atoms with Crippen molar-refractivity contribution < 1.29 is 9.50 Å². The molecule has 0 bridgehead atoms. The molecule has 18 heavy (non-hydrogen) atoms. The zero-order chi connectivity index (χ0) is 13.3. The van der Waals surface area contributed by atoms with Gasteiger partial charge < -0.3 is 5.11 Å². The molecule has 0 spiro atoms. The molecule has 0 atom stereocenters. The normalized spacial score (nSPS) is 10.1. The van der Waals surface area contributed by atoms with Crippen LogP contribution in [0.1, 0.15) is 11.1 Å². The maximum absolute atomic E-state index is 13.4. The molecule has 0 fully saturated rings. The van der Waals surface area contributed by atoms with E-state index in [2.05, 4.69) is 15.9 Å². The smallest absolute Gasteiger partial charge is 0.137 e. The van der Waals surface area contributed by atoms with E-state index < -0.39 is 0 Å². The minimum atomic E-state index is -0.372. The van der Waals surface area contributed by atoms with Gasteiger partial charge in [0.25, 0.3) is 0 Å². The highest BCUT2D eigenvalue weighted by Gasteiger charge is 2.11. The average molecular weight is 306 g/mol. The number of aryl methyl sites for hydroxylation is 1. The second-order valence-electron chi connectivity index (χ2n) is 3.98. The van der Waals surface area contributed by atoms with Crippen molar-refractivity contribution in [1.29, 1.82) is 5.26 Å². The van der Waals surface area contributed by atoms with Crippen LogP contribution >= 0.6 is 15.9 Å². The number of benzene rings is 2. The van der Waals surface area contributed by atoms with Crippen LogP contribution in [0.5, 0.6) is 5.75 Å². The number of hydrogen-bond acceptors (Lipinski definition) is 2. The SMILES string of the molecule is Cc1cc(F)cc(-c2cc(C#N)cc(Br)c2O)c1. The van der Waals surface area contributed by atoms with Crippen molar-refractivity contribution in [3.8, 4) is 22.9 Å². The predicted molar refractivity (Wildman–Crippen MR) is 70.7 cm³/mol. The second-order valence-corrected chi connectivity index (χ2v) is 4.84. The molecule has 90 valence electrons. The van der Waals surface area contributed by atoms with E-state index in [9.17, 15) is 9.50 Å². The van der Waals surface area contributed by atoms with Crippen molar-refractivity contribution in [2.45, 2.75) is 6.92 Å². The standard InChI is InChI=1S/C14H9BrFNO/c1-8-2-10(6-11(16)3-8)12-4-9(7-17)5-13(15)14(12)18/h2-6,18H,1H3. The first-order valence-electron chi connectivity index (χ1n) is 5.21. The number of aromatic hydroxyl groups is 1. The largest absolute Gasteiger partial charge is 0.506 e. The van der Waals surface area contributed by atoms with Crippen LogP contribution in [0.3, 0.4) is 0 Å². The van der Waals surface area contributed by atoms with E-state index in [1.165, 1.54) is 24.3 Å². The van der Waals surface area contributed by atoms with Crippen LogP contribution in [0.2, 0.25) is 0 Å². The Balaban J connectivity index is 2.70. The van der Waals surface area contributed by atoms with Crippen molar-refractivity contribution >= 4 is 15.9 Å². The molecule has 0 aromatic heterocycles. The minimum Gasteiger partial charge on any atom is -0.506 e. The topological polar surface area (TPSA) is 44.0 Å². The summed E-state index contributed by atoms with van der Waals surface area (Å²) in [6.45, 7) is 1.77. The Bertz CT molecular complexity index is 641. The Hall–Kier alpha value is -1.86. The Morgan fingerprint density at radius 2 is 1.94 bits per heavy atom. The van der Waals surface area contributed by atoms with Gasteiger partial charge >= 0.3 is 0 Å². The van der Waals surface area contributed by atoms with Crippen molar-refractivity contribution in [3.63, 3.8) is 0 Å². The Morgan fingerprint density at radius 3 is 2.56 bits per heavy atom. The van der Waals surface area contributed by atoms with E-state index in [0.29, 0.717) is 21.2 Å². The van der Waals surface area contributed by atoms with E-state index in [4.69, 9.17) is 5.26 Å². The van der Waals surface area contributed by atoms with Crippen LogP contribution in [0.25, 0.3) is 11.1 Å². The summed E-state index contributed by atoms with van der Waals surface area (Å²) < 4.78 is 13.8. The van der Waals surface area contributed by atoms with Gasteiger partial charge in [0.05, 0.1) is 16.1 Å². The third-order valence-electron chi connectivity index (χ3n) is 2.55. The first-order chi connectivity index (χ1) is 8.51. The van der Waals surface area contributed by atoms with Gasteiger partial charge in [-0.2, -0.15) is 5.26 Å². The molecule has 0 aliphatic carbocycles. The molecule has 1 N–H and O–H groups in total. The van der Waals surface area contributed by atoms with Crippen molar-refractivity contribution in [2.24, 2.45) is 0 Å². The third kappa shape index (κ3) is 2.36. The van der Waals surface area contributed by atoms with Gasteiger partial charge in [-0.1, -0.05) is 6.07 Å². The summed E-state index contributed by atoms with van der Waals surface area (Å²) in [7, 11) is 0.